The van der Waals surface area contributed by atoms with Gasteiger partial charge in [0.1, 0.15) is 6.29 Å². The summed E-state index contributed by atoms with van der Waals surface area (Å²) in [5.41, 5.74) is 1.56. The first-order chi connectivity index (χ1) is 7.84. The maximum absolute atomic E-state index is 11.5. The first kappa shape index (κ1) is 13.3. The van der Waals surface area contributed by atoms with E-state index in [-0.39, 0.29) is 16.7 Å². The molecule has 2 aliphatic carbocycles. The highest BCUT2D eigenvalue weighted by Gasteiger charge is 2.55. The van der Waals surface area contributed by atoms with Crippen LogP contribution in [0.15, 0.2) is 12.2 Å². The van der Waals surface area contributed by atoms with Crippen LogP contribution in [0.5, 0.6) is 0 Å². The van der Waals surface area contributed by atoms with Gasteiger partial charge in [0.05, 0.1) is 0 Å². The van der Waals surface area contributed by atoms with E-state index in [4.69, 9.17) is 0 Å². The molecule has 0 saturated heterocycles. The van der Waals surface area contributed by atoms with Crippen molar-refractivity contribution in [3.8, 4) is 0 Å². The minimum atomic E-state index is 0.0699. The molecule has 1 nitrogen and oxygen atoms in total. The molecule has 4 atom stereocenters. The van der Waals surface area contributed by atoms with Gasteiger partial charge in [-0.1, -0.05) is 48.9 Å². The van der Waals surface area contributed by atoms with Crippen LogP contribution < -0.4 is 0 Å². The molecular formula is C15H23BrO. The van der Waals surface area contributed by atoms with Crippen molar-refractivity contribution in [1.29, 1.82) is 0 Å². The van der Waals surface area contributed by atoms with Crippen molar-refractivity contribution in [2.75, 3.05) is 0 Å². The molecule has 17 heavy (non-hydrogen) atoms. The minimum Gasteiger partial charge on any atom is -0.303 e. The summed E-state index contributed by atoms with van der Waals surface area (Å²) in [6, 6.07) is 0. The fourth-order valence-corrected chi connectivity index (χ4v) is 4.88. The Morgan fingerprint density at radius 2 is 2.00 bits per heavy atom. The molecule has 0 amide bonds. The summed E-state index contributed by atoms with van der Waals surface area (Å²) < 4.78 is 0. The Balaban J connectivity index is 2.40. The monoisotopic (exact) mass is 298 g/mol. The third-order valence-corrected chi connectivity index (χ3v) is 7.12. The summed E-state index contributed by atoms with van der Waals surface area (Å²) in [4.78, 5) is 12.0. The third kappa shape index (κ3) is 1.83. The second-order valence-electron chi connectivity index (χ2n) is 6.70. The number of alkyl halides is 1. The lowest BCUT2D eigenvalue weighted by molar-refractivity contribution is -0.120. The Morgan fingerprint density at radius 3 is 2.59 bits per heavy atom. The Bertz CT molecular complexity index is 347. The Morgan fingerprint density at radius 1 is 1.35 bits per heavy atom. The summed E-state index contributed by atoms with van der Waals surface area (Å²) in [5, 5.41) is 0. The summed E-state index contributed by atoms with van der Waals surface area (Å²) in [5.74, 6) is 0.689. The van der Waals surface area contributed by atoms with Crippen LogP contribution in [0, 0.1) is 22.7 Å². The molecule has 0 aromatic carbocycles. The average Bonchev–Trinajstić information content (AvgIpc) is 2.24. The molecule has 0 spiro atoms. The molecule has 2 heteroatoms. The molecule has 0 radical (unpaired) electrons. The molecular weight excluding hydrogens is 276 g/mol. The van der Waals surface area contributed by atoms with E-state index < -0.39 is 0 Å². The number of fused-ring (bicyclic) bond motifs is 1. The SMILES string of the molecule is C=C1CC[C@H]2C(C)(C)[C@@H](Br)CC[C@]2(C)[C@@H]1C=O. The van der Waals surface area contributed by atoms with Crippen molar-refractivity contribution in [3.05, 3.63) is 12.2 Å². The zero-order valence-corrected chi connectivity index (χ0v) is 12.7. The molecule has 0 aromatic heterocycles. The topological polar surface area (TPSA) is 17.1 Å². The van der Waals surface area contributed by atoms with E-state index in [1.165, 1.54) is 6.42 Å². The van der Waals surface area contributed by atoms with Crippen LogP contribution >= 0.6 is 15.9 Å². The van der Waals surface area contributed by atoms with Gasteiger partial charge in [0, 0.05) is 10.7 Å². The van der Waals surface area contributed by atoms with E-state index in [0.717, 1.165) is 31.1 Å². The van der Waals surface area contributed by atoms with Crippen molar-refractivity contribution in [3.63, 3.8) is 0 Å². The van der Waals surface area contributed by atoms with Crippen LogP contribution in [0.3, 0.4) is 0 Å². The number of aldehydes is 1. The second-order valence-corrected chi connectivity index (χ2v) is 7.80. The third-order valence-electron chi connectivity index (χ3n) is 5.48. The quantitative estimate of drug-likeness (QED) is 0.399. The van der Waals surface area contributed by atoms with Crippen LogP contribution in [-0.2, 0) is 4.79 Å². The van der Waals surface area contributed by atoms with Gasteiger partial charge in [0.2, 0.25) is 0 Å². The van der Waals surface area contributed by atoms with Crippen molar-refractivity contribution in [2.45, 2.75) is 51.3 Å². The van der Waals surface area contributed by atoms with Gasteiger partial charge in [0.15, 0.2) is 0 Å². The number of hydrogen-bond acceptors (Lipinski definition) is 1. The molecule has 0 bridgehead atoms. The largest absolute Gasteiger partial charge is 0.303 e. The Kier molecular flexibility index (Phi) is 3.31. The van der Waals surface area contributed by atoms with E-state index in [9.17, 15) is 4.79 Å². The number of carbonyl (C=O) groups is 1. The molecule has 2 saturated carbocycles. The number of allylic oxidation sites excluding steroid dienone is 1. The van der Waals surface area contributed by atoms with Crippen LogP contribution in [0.25, 0.3) is 0 Å². The molecule has 0 aliphatic heterocycles. The first-order valence-corrected chi connectivity index (χ1v) is 7.52. The normalized spacial score (nSPS) is 45.2. The van der Waals surface area contributed by atoms with E-state index in [1.807, 2.05) is 0 Å². The second kappa shape index (κ2) is 4.22. The van der Waals surface area contributed by atoms with Crippen molar-refractivity contribution in [1.82, 2.24) is 0 Å². The first-order valence-electron chi connectivity index (χ1n) is 6.61. The zero-order valence-electron chi connectivity index (χ0n) is 11.1. The van der Waals surface area contributed by atoms with Gasteiger partial charge in [-0.2, -0.15) is 0 Å². The maximum Gasteiger partial charge on any atom is 0.127 e. The van der Waals surface area contributed by atoms with Crippen LogP contribution in [0.4, 0.5) is 0 Å². The number of halogens is 1. The molecule has 0 N–H and O–H groups in total. The van der Waals surface area contributed by atoms with Crippen molar-refractivity contribution < 1.29 is 4.79 Å². The number of carbonyl (C=O) groups excluding carboxylic acids is 1. The molecule has 96 valence electrons. The van der Waals surface area contributed by atoms with Gasteiger partial charge in [-0.05, 0) is 42.4 Å². The average molecular weight is 299 g/mol. The fourth-order valence-electron chi connectivity index (χ4n) is 4.33. The smallest absolute Gasteiger partial charge is 0.127 e. The summed E-state index contributed by atoms with van der Waals surface area (Å²) in [6.07, 6.45) is 5.66. The van der Waals surface area contributed by atoms with Gasteiger partial charge in [-0.25, -0.2) is 0 Å². The zero-order chi connectivity index (χ0) is 12.8. The molecule has 0 unspecified atom stereocenters. The maximum atomic E-state index is 11.5. The molecule has 0 heterocycles. The lowest BCUT2D eigenvalue weighted by Crippen LogP contribution is -2.53. The fraction of sp³-hybridized carbons (Fsp3) is 0.800. The van der Waals surface area contributed by atoms with Crippen molar-refractivity contribution in [2.24, 2.45) is 22.7 Å². The van der Waals surface area contributed by atoms with E-state index in [1.54, 1.807) is 0 Å². The number of hydrogen-bond donors (Lipinski definition) is 0. The van der Waals surface area contributed by atoms with E-state index >= 15 is 0 Å². The van der Waals surface area contributed by atoms with E-state index in [2.05, 4.69) is 43.3 Å². The van der Waals surface area contributed by atoms with Crippen LogP contribution in [0.1, 0.15) is 46.5 Å². The van der Waals surface area contributed by atoms with Gasteiger partial charge in [-0.3, -0.25) is 0 Å². The standard InChI is InChI=1S/C15H23BrO/c1-10-5-6-12-14(2,3)13(16)7-8-15(12,4)11(10)9-17/h9,11-13H,1,5-8H2,2-4H3/t11-,12+,13+,15-/m1/s1. The summed E-state index contributed by atoms with van der Waals surface area (Å²) in [6.45, 7) is 11.1. The van der Waals surface area contributed by atoms with Crippen molar-refractivity contribution >= 4 is 22.2 Å². The molecule has 0 aromatic rings. The van der Waals surface area contributed by atoms with Gasteiger partial charge in [-0.15, -0.1) is 0 Å². The minimum absolute atomic E-state index is 0.0699. The highest BCUT2D eigenvalue weighted by atomic mass is 79.9. The van der Waals surface area contributed by atoms with E-state index in [0.29, 0.717) is 10.7 Å². The summed E-state index contributed by atoms with van der Waals surface area (Å²) in [7, 11) is 0. The predicted molar refractivity (Wildman–Crippen MR) is 75.3 cm³/mol. The summed E-state index contributed by atoms with van der Waals surface area (Å²) >= 11 is 3.84. The van der Waals surface area contributed by atoms with Crippen LogP contribution in [-0.4, -0.2) is 11.1 Å². The highest BCUT2D eigenvalue weighted by Crippen LogP contribution is 2.61. The van der Waals surface area contributed by atoms with Crippen LogP contribution in [0.2, 0.25) is 0 Å². The van der Waals surface area contributed by atoms with Gasteiger partial charge in [0.25, 0.3) is 0 Å². The molecule has 2 aliphatic rings. The van der Waals surface area contributed by atoms with Gasteiger partial charge < -0.3 is 4.79 Å². The molecule has 2 rings (SSSR count). The number of rotatable bonds is 1. The highest BCUT2D eigenvalue weighted by molar-refractivity contribution is 9.09. The Hall–Kier alpha value is -0.110. The lowest BCUT2D eigenvalue weighted by Gasteiger charge is -2.58. The van der Waals surface area contributed by atoms with Gasteiger partial charge >= 0.3 is 0 Å². The predicted octanol–water partition coefficient (Wildman–Crippen LogP) is 4.36. The lowest BCUT2D eigenvalue weighted by atomic mass is 9.48. The molecule has 2 fully saturated rings. The Labute approximate surface area is 113 Å².